The van der Waals surface area contributed by atoms with E-state index >= 15 is 0 Å². The lowest BCUT2D eigenvalue weighted by Crippen LogP contribution is -2.08. The molecule has 0 aliphatic heterocycles. The summed E-state index contributed by atoms with van der Waals surface area (Å²) in [5.74, 6) is -0.348. The van der Waals surface area contributed by atoms with Crippen LogP contribution in [0.3, 0.4) is 0 Å². The van der Waals surface area contributed by atoms with Gasteiger partial charge in [0.25, 0.3) is 0 Å². The van der Waals surface area contributed by atoms with Gasteiger partial charge in [0.2, 0.25) is 5.13 Å². The van der Waals surface area contributed by atoms with E-state index in [1.807, 2.05) is 43.3 Å². The molecule has 2 aromatic rings. The molecular weight excluding hydrogens is 312 g/mol. The second kappa shape index (κ2) is 7.73. The zero-order valence-electron chi connectivity index (χ0n) is 13.7. The zero-order valence-corrected chi connectivity index (χ0v) is 14.5. The lowest BCUT2D eigenvalue weighted by Gasteiger charge is -2.11. The maximum Gasteiger partial charge on any atom is 0.350 e. The van der Waals surface area contributed by atoms with Crippen LogP contribution in [0.15, 0.2) is 29.4 Å². The number of aromatic nitrogens is 1. The van der Waals surface area contributed by atoms with Crippen molar-refractivity contribution in [2.24, 2.45) is 5.10 Å². The van der Waals surface area contributed by atoms with Crippen LogP contribution in [0.2, 0.25) is 0 Å². The molecule has 6 nitrogen and oxygen atoms in total. The lowest BCUT2D eigenvalue weighted by molar-refractivity contribution is 0.0531. The van der Waals surface area contributed by atoms with Gasteiger partial charge in [-0.1, -0.05) is 23.5 Å². The Balaban J connectivity index is 2.00. The number of esters is 1. The Hall–Kier alpha value is -2.41. The summed E-state index contributed by atoms with van der Waals surface area (Å²) in [4.78, 5) is 18.5. The molecule has 0 fully saturated rings. The van der Waals surface area contributed by atoms with Gasteiger partial charge < -0.3 is 9.64 Å². The minimum atomic E-state index is -0.348. The van der Waals surface area contributed by atoms with Crippen molar-refractivity contribution in [3.63, 3.8) is 0 Å². The number of ether oxygens (including phenoxy) is 1. The Morgan fingerprint density at radius 3 is 2.70 bits per heavy atom. The molecule has 1 aromatic carbocycles. The van der Waals surface area contributed by atoms with Crippen molar-refractivity contribution in [1.82, 2.24) is 4.98 Å². The van der Waals surface area contributed by atoms with Gasteiger partial charge in [-0.15, -0.1) is 0 Å². The average Bonchev–Trinajstić information content (AvgIpc) is 2.89. The quantitative estimate of drug-likeness (QED) is 0.500. The van der Waals surface area contributed by atoms with E-state index in [2.05, 4.69) is 15.5 Å². The van der Waals surface area contributed by atoms with Crippen molar-refractivity contribution >= 4 is 34.3 Å². The van der Waals surface area contributed by atoms with Crippen LogP contribution in [0, 0.1) is 6.92 Å². The van der Waals surface area contributed by atoms with Gasteiger partial charge in [-0.25, -0.2) is 9.78 Å². The summed E-state index contributed by atoms with van der Waals surface area (Å²) < 4.78 is 4.99. The number of carbonyl (C=O) groups is 1. The minimum Gasteiger partial charge on any atom is -0.462 e. The van der Waals surface area contributed by atoms with Gasteiger partial charge in [0, 0.05) is 19.8 Å². The van der Waals surface area contributed by atoms with Gasteiger partial charge in [-0.05, 0) is 31.5 Å². The Kier molecular flexibility index (Phi) is 5.70. The van der Waals surface area contributed by atoms with Gasteiger partial charge in [-0.2, -0.15) is 5.10 Å². The molecule has 23 heavy (non-hydrogen) atoms. The predicted molar refractivity (Wildman–Crippen MR) is 94.8 cm³/mol. The summed E-state index contributed by atoms with van der Waals surface area (Å²) in [5.41, 5.74) is 5.59. The second-order valence-corrected chi connectivity index (χ2v) is 6.01. The van der Waals surface area contributed by atoms with Crippen LogP contribution < -0.4 is 10.3 Å². The van der Waals surface area contributed by atoms with E-state index in [9.17, 15) is 4.79 Å². The molecule has 0 saturated heterocycles. The SMILES string of the molecule is CCOC(=O)c1sc(N/N=C\c2ccc(N(C)C)cc2)nc1C. The molecule has 0 aliphatic carbocycles. The number of nitrogens with one attached hydrogen (secondary N) is 1. The van der Waals surface area contributed by atoms with Crippen LogP contribution in [0.25, 0.3) is 0 Å². The molecule has 7 heteroatoms. The van der Waals surface area contributed by atoms with Crippen molar-refractivity contribution in [3.8, 4) is 0 Å². The first kappa shape index (κ1) is 17.0. The van der Waals surface area contributed by atoms with Crippen molar-refractivity contribution in [3.05, 3.63) is 40.4 Å². The van der Waals surface area contributed by atoms with E-state index < -0.39 is 0 Å². The highest BCUT2D eigenvalue weighted by molar-refractivity contribution is 7.17. The van der Waals surface area contributed by atoms with E-state index in [1.165, 1.54) is 11.3 Å². The summed E-state index contributed by atoms with van der Waals surface area (Å²) in [6.45, 7) is 3.90. The van der Waals surface area contributed by atoms with E-state index in [0.717, 1.165) is 11.3 Å². The maximum absolute atomic E-state index is 11.7. The Bertz CT molecular complexity index is 693. The highest BCUT2D eigenvalue weighted by Crippen LogP contribution is 2.23. The van der Waals surface area contributed by atoms with Crippen LogP contribution in [0.1, 0.15) is 27.9 Å². The fourth-order valence-electron chi connectivity index (χ4n) is 1.85. The molecule has 122 valence electrons. The first-order chi connectivity index (χ1) is 11.0. The molecule has 1 N–H and O–H groups in total. The number of hydrazone groups is 1. The van der Waals surface area contributed by atoms with E-state index in [1.54, 1.807) is 20.1 Å². The normalized spacial score (nSPS) is 10.8. The van der Waals surface area contributed by atoms with E-state index in [0.29, 0.717) is 22.3 Å². The molecule has 0 atom stereocenters. The van der Waals surface area contributed by atoms with Gasteiger partial charge in [0.1, 0.15) is 4.88 Å². The number of benzene rings is 1. The predicted octanol–water partition coefficient (Wildman–Crippen LogP) is 3.14. The van der Waals surface area contributed by atoms with Crippen LogP contribution in [0.4, 0.5) is 10.8 Å². The number of rotatable bonds is 6. The number of thiazole rings is 1. The number of hydrogen-bond acceptors (Lipinski definition) is 7. The first-order valence-electron chi connectivity index (χ1n) is 7.22. The smallest absolute Gasteiger partial charge is 0.350 e. The minimum absolute atomic E-state index is 0.347. The van der Waals surface area contributed by atoms with Crippen molar-refractivity contribution in [2.75, 3.05) is 31.0 Å². The second-order valence-electron chi connectivity index (χ2n) is 5.01. The van der Waals surface area contributed by atoms with Crippen molar-refractivity contribution in [1.29, 1.82) is 0 Å². The fraction of sp³-hybridized carbons (Fsp3) is 0.312. The Labute approximate surface area is 139 Å². The van der Waals surface area contributed by atoms with Gasteiger partial charge >= 0.3 is 5.97 Å². The molecule has 1 aromatic heterocycles. The third-order valence-electron chi connectivity index (χ3n) is 3.04. The summed E-state index contributed by atoms with van der Waals surface area (Å²) in [7, 11) is 3.99. The van der Waals surface area contributed by atoms with Crippen LogP contribution in [0.5, 0.6) is 0 Å². The van der Waals surface area contributed by atoms with Gasteiger partial charge in [0.05, 0.1) is 18.5 Å². The summed E-state index contributed by atoms with van der Waals surface area (Å²) in [6, 6.07) is 8.01. The third-order valence-corrected chi connectivity index (χ3v) is 4.08. The average molecular weight is 332 g/mol. The van der Waals surface area contributed by atoms with Crippen molar-refractivity contribution < 1.29 is 9.53 Å². The number of anilines is 2. The van der Waals surface area contributed by atoms with Crippen molar-refractivity contribution in [2.45, 2.75) is 13.8 Å². The Morgan fingerprint density at radius 1 is 1.39 bits per heavy atom. The molecule has 2 rings (SSSR count). The molecular formula is C16H20N4O2S. The molecule has 1 heterocycles. The number of aryl methyl sites for hydroxylation is 1. The third kappa shape index (κ3) is 4.53. The number of hydrogen-bond donors (Lipinski definition) is 1. The summed E-state index contributed by atoms with van der Waals surface area (Å²) in [5, 5.41) is 4.72. The lowest BCUT2D eigenvalue weighted by atomic mass is 10.2. The van der Waals surface area contributed by atoms with Crippen LogP contribution in [-0.2, 0) is 4.74 Å². The topological polar surface area (TPSA) is 66.8 Å². The summed E-state index contributed by atoms with van der Waals surface area (Å²) >= 11 is 1.23. The Morgan fingerprint density at radius 2 is 2.09 bits per heavy atom. The van der Waals surface area contributed by atoms with Gasteiger partial charge in [-0.3, -0.25) is 5.43 Å². The van der Waals surface area contributed by atoms with Gasteiger partial charge in [0.15, 0.2) is 0 Å². The summed E-state index contributed by atoms with van der Waals surface area (Å²) in [6.07, 6.45) is 1.71. The molecule has 0 amide bonds. The molecule has 0 radical (unpaired) electrons. The highest BCUT2D eigenvalue weighted by Gasteiger charge is 2.15. The highest BCUT2D eigenvalue weighted by atomic mass is 32.1. The molecule has 0 bridgehead atoms. The molecule has 0 aliphatic rings. The zero-order chi connectivity index (χ0) is 16.8. The number of carbonyl (C=O) groups excluding carboxylic acids is 1. The van der Waals surface area contributed by atoms with Crippen LogP contribution >= 0.6 is 11.3 Å². The van der Waals surface area contributed by atoms with E-state index in [-0.39, 0.29) is 5.97 Å². The molecule has 0 unspecified atom stereocenters. The molecule has 0 saturated carbocycles. The fourth-order valence-corrected chi connectivity index (χ4v) is 2.66. The number of nitrogens with zero attached hydrogens (tertiary/aromatic N) is 3. The molecule has 0 spiro atoms. The maximum atomic E-state index is 11.7. The monoisotopic (exact) mass is 332 g/mol. The van der Waals surface area contributed by atoms with E-state index in [4.69, 9.17) is 4.74 Å². The standard InChI is InChI=1S/C16H20N4O2S/c1-5-22-15(21)14-11(2)18-16(23-14)19-17-10-12-6-8-13(9-7-12)20(3)4/h6-10H,5H2,1-4H3,(H,18,19)/b17-10-. The first-order valence-corrected chi connectivity index (χ1v) is 8.04. The largest absolute Gasteiger partial charge is 0.462 e. The van der Waals surface area contributed by atoms with Crippen LogP contribution in [-0.4, -0.2) is 37.9 Å².